The predicted octanol–water partition coefficient (Wildman–Crippen LogP) is 3.99. The Kier molecular flexibility index (Phi) is 9.95. The van der Waals surface area contributed by atoms with Gasteiger partial charge in [-0.15, -0.1) is 0 Å². The maximum absolute atomic E-state index is 14.1. The van der Waals surface area contributed by atoms with Gasteiger partial charge in [0.05, 0.1) is 17.7 Å². The zero-order chi connectivity index (χ0) is 30.3. The molecule has 0 bridgehead atoms. The van der Waals surface area contributed by atoms with Crippen molar-refractivity contribution < 1.29 is 32.2 Å². The molecule has 11 heteroatoms. The molecule has 0 spiro atoms. The summed E-state index contributed by atoms with van der Waals surface area (Å²) in [6.45, 7) is 5.71. The number of methoxy groups -OCH3 is 1. The number of nitrogens with zero attached hydrogens (tertiary/aromatic N) is 2. The van der Waals surface area contributed by atoms with Gasteiger partial charge in [0, 0.05) is 18.7 Å². The molecule has 1 N–H and O–H groups in total. The van der Waals surface area contributed by atoms with Crippen molar-refractivity contribution in [2.24, 2.45) is 0 Å². The summed E-state index contributed by atoms with van der Waals surface area (Å²) in [5, 5.41) is 2.93. The van der Waals surface area contributed by atoms with Crippen LogP contribution in [0.5, 0.6) is 17.2 Å². The number of hydrogen-bond donors (Lipinski definition) is 1. The molecule has 2 amide bonds. The summed E-state index contributed by atoms with van der Waals surface area (Å²) in [5.74, 6) is 0.647. The number of carbonyl (C=O) groups is 2. The lowest BCUT2D eigenvalue weighted by atomic mass is 10.1. The first-order valence-corrected chi connectivity index (χ1v) is 15.3. The van der Waals surface area contributed by atoms with Crippen LogP contribution < -0.4 is 23.8 Å². The fourth-order valence-electron chi connectivity index (χ4n) is 4.41. The van der Waals surface area contributed by atoms with Crippen LogP contribution in [0.2, 0.25) is 0 Å². The lowest BCUT2D eigenvalue weighted by Gasteiger charge is -2.32. The number of anilines is 1. The molecule has 0 fully saturated rings. The van der Waals surface area contributed by atoms with Crippen LogP contribution in [0.4, 0.5) is 5.69 Å². The Balaban J connectivity index is 1.72. The van der Waals surface area contributed by atoms with E-state index >= 15 is 0 Å². The van der Waals surface area contributed by atoms with Crippen molar-refractivity contribution in [2.45, 2.75) is 50.7 Å². The molecule has 0 aromatic heterocycles. The summed E-state index contributed by atoms with van der Waals surface area (Å²) in [7, 11) is -2.63. The fourth-order valence-corrected chi connectivity index (χ4v) is 5.84. The molecule has 1 heterocycles. The van der Waals surface area contributed by atoms with E-state index < -0.39 is 28.5 Å². The lowest BCUT2D eigenvalue weighted by molar-refractivity contribution is -0.139. The van der Waals surface area contributed by atoms with E-state index in [2.05, 4.69) is 5.32 Å². The van der Waals surface area contributed by atoms with Crippen LogP contribution >= 0.6 is 0 Å². The van der Waals surface area contributed by atoms with Crippen molar-refractivity contribution in [3.8, 4) is 17.2 Å². The molecule has 224 valence electrons. The smallest absolute Gasteiger partial charge is 0.264 e. The number of rotatable bonds is 12. The second-order valence-corrected chi connectivity index (χ2v) is 11.9. The van der Waals surface area contributed by atoms with Gasteiger partial charge in [0.15, 0.2) is 11.5 Å². The largest absolute Gasteiger partial charge is 0.497 e. The van der Waals surface area contributed by atoms with E-state index in [9.17, 15) is 18.0 Å². The number of sulfonamides is 1. The average Bonchev–Trinajstić information content (AvgIpc) is 3.02. The summed E-state index contributed by atoms with van der Waals surface area (Å²) in [6.07, 6.45) is 0.720. The number of fused-ring (bicyclic) bond motifs is 1. The van der Waals surface area contributed by atoms with Gasteiger partial charge in [-0.1, -0.05) is 37.3 Å². The minimum atomic E-state index is -4.19. The van der Waals surface area contributed by atoms with Gasteiger partial charge in [-0.3, -0.25) is 13.9 Å². The first kappa shape index (κ1) is 30.7. The Labute approximate surface area is 247 Å². The molecule has 0 saturated heterocycles. The SMILES string of the molecule is CCC(C)NC(=O)C(C)N(Cc1ccc(OC)cc1)C(=O)CN(c1ccc2c(c1)OCCO2)S(=O)(=O)c1ccccc1. The normalized spacial score (nSPS) is 13.9. The Morgan fingerprint density at radius 2 is 1.62 bits per heavy atom. The zero-order valence-corrected chi connectivity index (χ0v) is 25.1. The lowest BCUT2D eigenvalue weighted by Crippen LogP contribution is -2.52. The fraction of sp³-hybridized carbons (Fsp3) is 0.355. The van der Waals surface area contributed by atoms with Crippen LogP contribution in [0.15, 0.2) is 77.7 Å². The van der Waals surface area contributed by atoms with Gasteiger partial charge < -0.3 is 24.4 Å². The minimum Gasteiger partial charge on any atom is -0.497 e. The highest BCUT2D eigenvalue weighted by Gasteiger charge is 2.33. The van der Waals surface area contributed by atoms with E-state index in [1.807, 2.05) is 13.8 Å². The second kappa shape index (κ2) is 13.6. The molecule has 1 aliphatic heterocycles. The Bertz CT molecular complexity index is 1480. The zero-order valence-electron chi connectivity index (χ0n) is 24.3. The third-order valence-corrected chi connectivity index (χ3v) is 8.89. The summed E-state index contributed by atoms with van der Waals surface area (Å²) in [6, 6.07) is 18.8. The molecular formula is C31H37N3O7S. The maximum Gasteiger partial charge on any atom is 0.264 e. The summed E-state index contributed by atoms with van der Waals surface area (Å²) in [5.41, 5.74) is 0.988. The highest BCUT2D eigenvalue weighted by Crippen LogP contribution is 2.36. The van der Waals surface area contributed by atoms with Gasteiger partial charge >= 0.3 is 0 Å². The van der Waals surface area contributed by atoms with Crippen molar-refractivity contribution >= 4 is 27.5 Å². The molecule has 4 rings (SSSR count). The topological polar surface area (TPSA) is 114 Å². The molecule has 42 heavy (non-hydrogen) atoms. The van der Waals surface area contributed by atoms with E-state index in [4.69, 9.17) is 14.2 Å². The van der Waals surface area contributed by atoms with Gasteiger partial charge in [-0.05, 0) is 62.2 Å². The molecule has 2 unspecified atom stereocenters. The molecule has 3 aromatic rings. The molecule has 1 aliphatic rings. The predicted molar refractivity (Wildman–Crippen MR) is 159 cm³/mol. The molecule has 10 nitrogen and oxygen atoms in total. The number of benzene rings is 3. The van der Waals surface area contributed by atoms with E-state index in [0.717, 1.165) is 16.3 Å². The minimum absolute atomic E-state index is 0.0250. The molecule has 0 radical (unpaired) electrons. The van der Waals surface area contributed by atoms with Gasteiger partial charge in [0.1, 0.15) is 31.5 Å². The van der Waals surface area contributed by atoms with Crippen LogP contribution in [-0.2, 0) is 26.2 Å². The maximum atomic E-state index is 14.1. The highest BCUT2D eigenvalue weighted by molar-refractivity contribution is 7.92. The van der Waals surface area contributed by atoms with E-state index in [1.165, 1.54) is 17.0 Å². The quantitative estimate of drug-likeness (QED) is 0.337. The first-order valence-electron chi connectivity index (χ1n) is 13.8. The van der Waals surface area contributed by atoms with Crippen molar-refractivity contribution in [3.63, 3.8) is 0 Å². The molecular weight excluding hydrogens is 558 g/mol. The van der Waals surface area contributed by atoms with Gasteiger partial charge in [-0.25, -0.2) is 8.42 Å². The first-order chi connectivity index (χ1) is 20.1. The van der Waals surface area contributed by atoms with Crippen molar-refractivity contribution in [1.82, 2.24) is 10.2 Å². The van der Waals surface area contributed by atoms with Gasteiger partial charge in [0.2, 0.25) is 11.8 Å². The van der Waals surface area contributed by atoms with Crippen molar-refractivity contribution in [2.75, 3.05) is 31.2 Å². The van der Waals surface area contributed by atoms with Gasteiger partial charge in [0.25, 0.3) is 10.0 Å². The number of amides is 2. The third-order valence-electron chi connectivity index (χ3n) is 7.10. The van der Waals surface area contributed by atoms with E-state index in [1.54, 1.807) is 74.7 Å². The van der Waals surface area contributed by atoms with E-state index in [-0.39, 0.29) is 29.1 Å². The van der Waals surface area contributed by atoms with Crippen LogP contribution in [0.25, 0.3) is 0 Å². The molecule has 2 atom stereocenters. The van der Waals surface area contributed by atoms with Crippen molar-refractivity contribution in [3.05, 3.63) is 78.4 Å². The van der Waals surface area contributed by atoms with Crippen molar-refractivity contribution in [1.29, 1.82) is 0 Å². The summed E-state index contributed by atoms with van der Waals surface area (Å²) < 4.78 is 45.5. The number of hydrogen-bond acceptors (Lipinski definition) is 7. The number of nitrogens with one attached hydrogen (secondary N) is 1. The molecule has 0 saturated carbocycles. The molecule has 0 aliphatic carbocycles. The van der Waals surface area contributed by atoms with E-state index in [0.29, 0.717) is 30.5 Å². The Morgan fingerprint density at radius 1 is 0.952 bits per heavy atom. The Hall–Kier alpha value is -4.25. The Morgan fingerprint density at radius 3 is 2.26 bits per heavy atom. The summed E-state index contributed by atoms with van der Waals surface area (Å²) in [4.78, 5) is 28.7. The van der Waals surface area contributed by atoms with Gasteiger partial charge in [-0.2, -0.15) is 0 Å². The van der Waals surface area contributed by atoms with Crippen LogP contribution in [0.3, 0.4) is 0 Å². The second-order valence-electron chi connectivity index (χ2n) is 10.0. The standard InChI is InChI=1S/C31H37N3O7S/c1-5-22(2)32-31(36)23(3)33(20-24-11-14-26(39-4)15-12-24)30(35)21-34(42(37,38)27-9-7-6-8-10-27)25-13-16-28-29(19-25)41-18-17-40-28/h6-16,19,22-23H,5,17-18,20-21H2,1-4H3,(H,32,36). The number of ether oxygens (including phenoxy) is 3. The van der Waals surface area contributed by atoms with Crippen LogP contribution in [0.1, 0.15) is 32.8 Å². The monoisotopic (exact) mass is 595 g/mol. The average molecular weight is 596 g/mol. The number of carbonyl (C=O) groups excluding carboxylic acids is 2. The van der Waals surface area contributed by atoms with Crippen LogP contribution in [-0.4, -0.2) is 64.1 Å². The molecule has 3 aromatic carbocycles. The van der Waals surface area contributed by atoms with Crippen LogP contribution in [0, 0.1) is 0 Å². The summed E-state index contributed by atoms with van der Waals surface area (Å²) >= 11 is 0. The highest BCUT2D eigenvalue weighted by atomic mass is 32.2. The third kappa shape index (κ3) is 7.14.